The van der Waals surface area contributed by atoms with Crippen molar-refractivity contribution in [1.29, 1.82) is 0 Å². The van der Waals surface area contributed by atoms with Crippen LogP contribution in [0.1, 0.15) is 36.9 Å². The second-order valence-electron chi connectivity index (χ2n) is 6.90. The first-order chi connectivity index (χ1) is 10.5. The minimum Gasteiger partial charge on any atom is -0.355 e. The summed E-state index contributed by atoms with van der Waals surface area (Å²) in [7, 11) is -3.12. The molecule has 2 saturated carbocycles. The number of hydrogen-bond acceptors (Lipinski definition) is 4. The molecule has 5 nitrogen and oxygen atoms in total. The lowest BCUT2D eigenvalue weighted by molar-refractivity contribution is 0.417. The van der Waals surface area contributed by atoms with Crippen LogP contribution in [0.3, 0.4) is 0 Å². The zero-order valence-electron chi connectivity index (χ0n) is 13.0. The van der Waals surface area contributed by atoms with Crippen LogP contribution in [0.15, 0.2) is 12.1 Å². The van der Waals surface area contributed by atoms with Crippen LogP contribution in [0.5, 0.6) is 0 Å². The standard InChI is InChI=1S/C16H23N3O2S/c1-12-2-5-14-11-19(22(20,21)15-6-7-15)9-8-18(16(14)17-12)10-13-3-4-13/h2,5,13,15H,3-4,6-11H2,1H3. The van der Waals surface area contributed by atoms with E-state index in [4.69, 9.17) is 4.98 Å². The molecule has 0 aromatic carbocycles. The number of aryl methyl sites for hydroxylation is 1. The highest BCUT2D eigenvalue weighted by molar-refractivity contribution is 7.90. The molecule has 6 heteroatoms. The SMILES string of the molecule is Cc1ccc2c(n1)N(CC1CC1)CCN(S(=O)(=O)C1CC1)C2. The number of fused-ring (bicyclic) bond motifs is 1. The summed E-state index contributed by atoms with van der Waals surface area (Å²) < 4.78 is 26.9. The topological polar surface area (TPSA) is 53.5 Å². The zero-order valence-corrected chi connectivity index (χ0v) is 13.8. The van der Waals surface area contributed by atoms with Crippen molar-refractivity contribution in [3.63, 3.8) is 0 Å². The zero-order chi connectivity index (χ0) is 15.3. The van der Waals surface area contributed by atoms with Crippen LogP contribution in [0.2, 0.25) is 0 Å². The lowest BCUT2D eigenvalue weighted by atomic mass is 10.2. The summed E-state index contributed by atoms with van der Waals surface area (Å²) in [5, 5.41) is -0.135. The van der Waals surface area contributed by atoms with Gasteiger partial charge >= 0.3 is 0 Å². The summed E-state index contributed by atoms with van der Waals surface area (Å²) in [4.78, 5) is 7.03. The van der Waals surface area contributed by atoms with E-state index in [9.17, 15) is 8.42 Å². The molecule has 0 radical (unpaired) electrons. The van der Waals surface area contributed by atoms with Crippen molar-refractivity contribution in [2.24, 2.45) is 5.92 Å². The van der Waals surface area contributed by atoms with E-state index in [0.29, 0.717) is 13.1 Å². The van der Waals surface area contributed by atoms with Gasteiger partial charge in [-0.3, -0.25) is 0 Å². The van der Waals surface area contributed by atoms with Gasteiger partial charge < -0.3 is 4.90 Å². The Kier molecular flexibility index (Phi) is 3.42. The molecule has 0 amide bonds. The van der Waals surface area contributed by atoms with Crippen LogP contribution < -0.4 is 4.90 Å². The largest absolute Gasteiger partial charge is 0.355 e. The van der Waals surface area contributed by atoms with Gasteiger partial charge in [0.2, 0.25) is 10.0 Å². The summed E-state index contributed by atoms with van der Waals surface area (Å²) in [6, 6.07) is 4.04. The Morgan fingerprint density at radius 3 is 2.64 bits per heavy atom. The van der Waals surface area contributed by atoms with Crippen LogP contribution >= 0.6 is 0 Å². The Bertz CT molecular complexity index is 681. The fourth-order valence-electron chi connectivity index (χ4n) is 3.16. The smallest absolute Gasteiger partial charge is 0.217 e. The van der Waals surface area contributed by atoms with E-state index in [-0.39, 0.29) is 5.25 Å². The molecule has 0 N–H and O–H groups in total. The van der Waals surface area contributed by atoms with Gasteiger partial charge in [0.25, 0.3) is 0 Å². The van der Waals surface area contributed by atoms with Crippen molar-refractivity contribution >= 4 is 15.8 Å². The third kappa shape index (κ3) is 2.74. The molecule has 4 rings (SSSR count). The van der Waals surface area contributed by atoms with E-state index in [1.54, 1.807) is 4.31 Å². The van der Waals surface area contributed by atoms with Gasteiger partial charge in [0, 0.05) is 37.4 Å². The molecule has 120 valence electrons. The number of sulfonamides is 1. The van der Waals surface area contributed by atoms with Crippen LogP contribution in [0, 0.1) is 12.8 Å². The highest BCUT2D eigenvalue weighted by atomic mass is 32.2. The summed E-state index contributed by atoms with van der Waals surface area (Å²) >= 11 is 0. The molecular formula is C16H23N3O2S. The Morgan fingerprint density at radius 2 is 1.95 bits per heavy atom. The number of pyridine rings is 1. The van der Waals surface area contributed by atoms with E-state index >= 15 is 0 Å². The maximum Gasteiger partial charge on any atom is 0.217 e. The first-order valence-electron chi connectivity index (χ1n) is 8.24. The number of rotatable bonds is 4. The molecule has 1 aromatic rings. The molecule has 0 atom stereocenters. The fourth-order valence-corrected chi connectivity index (χ4v) is 4.97. The molecule has 1 aromatic heterocycles. The normalized spacial score (nSPS) is 23.2. The van der Waals surface area contributed by atoms with Gasteiger partial charge in [-0.05, 0) is 44.6 Å². The van der Waals surface area contributed by atoms with Crippen LogP contribution in [-0.2, 0) is 16.6 Å². The van der Waals surface area contributed by atoms with Gasteiger partial charge in [0.15, 0.2) is 0 Å². The molecule has 22 heavy (non-hydrogen) atoms. The first kappa shape index (κ1) is 14.5. The average Bonchev–Trinajstić information content (AvgIpc) is 3.35. The van der Waals surface area contributed by atoms with Crippen molar-refractivity contribution in [1.82, 2.24) is 9.29 Å². The van der Waals surface area contributed by atoms with Crippen LogP contribution in [0.4, 0.5) is 5.82 Å². The predicted molar refractivity (Wildman–Crippen MR) is 86.3 cm³/mol. The molecule has 0 spiro atoms. The van der Waals surface area contributed by atoms with Gasteiger partial charge in [0.05, 0.1) is 5.25 Å². The summed E-state index contributed by atoms with van der Waals surface area (Å²) in [6.45, 7) is 4.83. The molecule has 2 fully saturated rings. The minimum absolute atomic E-state index is 0.135. The lowest BCUT2D eigenvalue weighted by Gasteiger charge is -2.24. The maximum absolute atomic E-state index is 12.6. The van der Waals surface area contributed by atoms with Crippen molar-refractivity contribution in [3.05, 3.63) is 23.4 Å². The first-order valence-corrected chi connectivity index (χ1v) is 9.75. The Hall–Kier alpha value is -1.14. The Labute approximate surface area is 132 Å². The van der Waals surface area contributed by atoms with Crippen molar-refractivity contribution in [2.75, 3.05) is 24.5 Å². The molecule has 1 aliphatic heterocycles. The minimum atomic E-state index is -3.12. The van der Waals surface area contributed by atoms with E-state index in [1.807, 2.05) is 13.0 Å². The number of nitrogens with zero attached hydrogens (tertiary/aromatic N) is 3. The molecule has 0 unspecified atom stereocenters. The highest BCUT2D eigenvalue weighted by Gasteiger charge is 2.41. The van der Waals surface area contributed by atoms with Crippen molar-refractivity contribution in [3.8, 4) is 0 Å². The van der Waals surface area contributed by atoms with Gasteiger partial charge in [-0.15, -0.1) is 0 Å². The lowest BCUT2D eigenvalue weighted by Crippen LogP contribution is -2.37. The molecule has 3 aliphatic rings. The number of aromatic nitrogens is 1. The van der Waals surface area contributed by atoms with Gasteiger partial charge in [-0.25, -0.2) is 13.4 Å². The Balaban J connectivity index is 1.66. The third-order valence-corrected chi connectivity index (χ3v) is 7.19. The second kappa shape index (κ2) is 5.20. The summed E-state index contributed by atoms with van der Waals surface area (Å²) in [5.41, 5.74) is 2.05. The molecular weight excluding hydrogens is 298 g/mol. The highest BCUT2D eigenvalue weighted by Crippen LogP contribution is 2.36. The van der Waals surface area contributed by atoms with Crippen molar-refractivity contribution in [2.45, 2.75) is 44.4 Å². The van der Waals surface area contributed by atoms with E-state index in [0.717, 1.165) is 48.9 Å². The molecule has 2 aliphatic carbocycles. The molecule has 2 heterocycles. The average molecular weight is 321 g/mol. The molecule has 0 saturated heterocycles. The monoisotopic (exact) mass is 321 g/mol. The van der Waals surface area contributed by atoms with Crippen molar-refractivity contribution < 1.29 is 8.42 Å². The summed E-state index contributed by atoms with van der Waals surface area (Å²) in [6.07, 6.45) is 4.23. The van der Waals surface area contributed by atoms with Gasteiger partial charge in [-0.2, -0.15) is 4.31 Å². The van der Waals surface area contributed by atoms with E-state index in [1.165, 1.54) is 12.8 Å². The van der Waals surface area contributed by atoms with Crippen LogP contribution in [-0.4, -0.2) is 42.6 Å². The van der Waals surface area contributed by atoms with E-state index < -0.39 is 10.0 Å². The summed E-state index contributed by atoms with van der Waals surface area (Å²) in [5.74, 6) is 1.77. The third-order valence-electron chi connectivity index (χ3n) is 4.84. The predicted octanol–water partition coefficient (Wildman–Crippen LogP) is 1.91. The molecule has 0 bridgehead atoms. The van der Waals surface area contributed by atoms with Gasteiger partial charge in [0.1, 0.15) is 5.82 Å². The number of anilines is 1. The van der Waals surface area contributed by atoms with Crippen LogP contribution in [0.25, 0.3) is 0 Å². The second-order valence-corrected chi connectivity index (χ2v) is 9.12. The maximum atomic E-state index is 12.6. The van der Waals surface area contributed by atoms with E-state index in [2.05, 4.69) is 11.0 Å². The van der Waals surface area contributed by atoms with Gasteiger partial charge in [-0.1, -0.05) is 6.07 Å². The quantitative estimate of drug-likeness (QED) is 0.850. The Morgan fingerprint density at radius 1 is 1.18 bits per heavy atom. The number of hydrogen-bond donors (Lipinski definition) is 0. The fraction of sp³-hybridized carbons (Fsp3) is 0.688.